The maximum Gasteiger partial charge on any atom is 0.416 e. The van der Waals surface area contributed by atoms with Gasteiger partial charge in [0.15, 0.2) is 0 Å². The van der Waals surface area contributed by atoms with E-state index in [0.29, 0.717) is 5.92 Å². The average Bonchev–Trinajstić information content (AvgIpc) is 2.57. The highest BCUT2D eigenvalue weighted by Gasteiger charge is 2.31. The van der Waals surface area contributed by atoms with Crippen LogP contribution in [0.4, 0.5) is 13.2 Å². The van der Waals surface area contributed by atoms with Gasteiger partial charge >= 0.3 is 6.18 Å². The first kappa shape index (κ1) is 13.4. The third-order valence-corrected chi connectivity index (χ3v) is 3.47. The minimum absolute atomic E-state index is 0.149. The smallest absolute Gasteiger partial charge is 0.311 e. The molecule has 0 saturated carbocycles. The molecule has 1 aliphatic heterocycles. The van der Waals surface area contributed by atoms with E-state index in [-0.39, 0.29) is 5.54 Å². The molecule has 1 N–H and O–H groups in total. The summed E-state index contributed by atoms with van der Waals surface area (Å²) < 4.78 is 37.2. The molecule has 0 aliphatic carbocycles. The van der Waals surface area contributed by atoms with Crippen LogP contribution >= 0.6 is 0 Å². The molecule has 1 atom stereocenters. The van der Waals surface area contributed by atoms with Crippen molar-refractivity contribution < 1.29 is 13.2 Å². The SMILES string of the molecule is CC1(C)CC(Cc2ccc(C(F)(F)F)cc2)CN1. The summed E-state index contributed by atoms with van der Waals surface area (Å²) in [6.45, 7) is 5.24. The first-order valence-corrected chi connectivity index (χ1v) is 6.17. The Balaban J connectivity index is 1.99. The summed E-state index contributed by atoms with van der Waals surface area (Å²) in [5, 5.41) is 3.42. The maximum atomic E-state index is 12.4. The molecular formula is C14H18F3N. The Labute approximate surface area is 105 Å². The summed E-state index contributed by atoms with van der Waals surface area (Å²) in [5.41, 5.74) is 0.556. The van der Waals surface area contributed by atoms with E-state index < -0.39 is 11.7 Å². The highest BCUT2D eigenvalue weighted by molar-refractivity contribution is 5.25. The van der Waals surface area contributed by atoms with Gasteiger partial charge in [-0.25, -0.2) is 0 Å². The summed E-state index contributed by atoms with van der Waals surface area (Å²) in [6, 6.07) is 5.52. The van der Waals surface area contributed by atoms with Crippen molar-refractivity contribution in [2.75, 3.05) is 6.54 Å². The number of hydrogen-bond donors (Lipinski definition) is 1. The highest BCUT2D eigenvalue weighted by Crippen LogP contribution is 2.30. The lowest BCUT2D eigenvalue weighted by Gasteiger charge is -2.17. The minimum atomic E-state index is -4.24. The number of alkyl halides is 3. The van der Waals surface area contributed by atoms with Crippen LogP contribution in [0.3, 0.4) is 0 Å². The molecule has 0 aromatic heterocycles. The van der Waals surface area contributed by atoms with Gasteiger partial charge in [0.05, 0.1) is 5.56 Å². The molecule has 1 fully saturated rings. The first-order valence-electron chi connectivity index (χ1n) is 6.17. The van der Waals surface area contributed by atoms with Crippen LogP contribution in [-0.2, 0) is 12.6 Å². The van der Waals surface area contributed by atoms with Crippen LogP contribution < -0.4 is 5.32 Å². The van der Waals surface area contributed by atoms with Gasteiger partial charge in [-0.05, 0) is 56.8 Å². The summed E-state index contributed by atoms with van der Waals surface area (Å²) in [6.07, 6.45) is -2.34. The fourth-order valence-corrected chi connectivity index (χ4v) is 2.59. The van der Waals surface area contributed by atoms with Crippen molar-refractivity contribution in [1.29, 1.82) is 0 Å². The minimum Gasteiger partial charge on any atom is -0.311 e. The monoisotopic (exact) mass is 257 g/mol. The van der Waals surface area contributed by atoms with E-state index in [9.17, 15) is 13.2 Å². The predicted molar refractivity (Wildman–Crippen MR) is 65.3 cm³/mol. The van der Waals surface area contributed by atoms with Gasteiger partial charge in [-0.1, -0.05) is 12.1 Å². The van der Waals surface area contributed by atoms with Crippen LogP contribution in [0.5, 0.6) is 0 Å². The second-order valence-electron chi connectivity index (χ2n) is 5.73. The van der Waals surface area contributed by atoms with Crippen molar-refractivity contribution in [1.82, 2.24) is 5.32 Å². The molecule has 4 heteroatoms. The van der Waals surface area contributed by atoms with E-state index >= 15 is 0 Å². The summed E-state index contributed by atoms with van der Waals surface area (Å²) in [4.78, 5) is 0. The molecule has 0 bridgehead atoms. The Bertz CT molecular complexity index is 406. The van der Waals surface area contributed by atoms with Crippen LogP contribution in [0.15, 0.2) is 24.3 Å². The van der Waals surface area contributed by atoms with E-state index in [1.54, 1.807) is 12.1 Å². The third kappa shape index (κ3) is 3.25. The van der Waals surface area contributed by atoms with Crippen molar-refractivity contribution in [3.8, 4) is 0 Å². The standard InChI is InChI=1S/C14H18F3N/c1-13(2)8-11(9-18-13)7-10-3-5-12(6-4-10)14(15,16)17/h3-6,11,18H,7-9H2,1-2H3. The summed E-state index contributed by atoms with van der Waals surface area (Å²) in [5.74, 6) is 0.511. The maximum absolute atomic E-state index is 12.4. The third-order valence-electron chi connectivity index (χ3n) is 3.47. The van der Waals surface area contributed by atoms with Crippen LogP contribution in [0.1, 0.15) is 31.4 Å². The number of benzene rings is 1. The summed E-state index contributed by atoms with van der Waals surface area (Å²) in [7, 11) is 0. The van der Waals surface area contributed by atoms with Gasteiger partial charge in [0.25, 0.3) is 0 Å². The Morgan fingerprint density at radius 2 is 1.83 bits per heavy atom. The van der Waals surface area contributed by atoms with E-state index in [1.165, 1.54) is 12.1 Å². The molecule has 0 amide bonds. The normalized spacial score (nSPS) is 23.3. The number of nitrogens with one attached hydrogen (secondary N) is 1. The van der Waals surface area contributed by atoms with Crippen LogP contribution in [0.25, 0.3) is 0 Å². The fraction of sp³-hybridized carbons (Fsp3) is 0.571. The molecule has 1 aromatic rings. The van der Waals surface area contributed by atoms with Crippen LogP contribution in [0, 0.1) is 5.92 Å². The molecule has 18 heavy (non-hydrogen) atoms. The molecule has 0 spiro atoms. The van der Waals surface area contributed by atoms with Crippen LogP contribution in [0.2, 0.25) is 0 Å². The van der Waals surface area contributed by atoms with Gasteiger partial charge in [-0.15, -0.1) is 0 Å². The molecule has 100 valence electrons. The van der Waals surface area contributed by atoms with Gasteiger partial charge < -0.3 is 5.32 Å². The number of halogens is 3. The Morgan fingerprint density at radius 3 is 2.28 bits per heavy atom. The van der Waals surface area contributed by atoms with Gasteiger partial charge in [-0.3, -0.25) is 0 Å². The number of hydrogen-bond acceptors (Lipinski definition) is 1. The molecule has 0 radical (unpaired) electrons. The molecule has 2 rings (SSSR count). The lowest BCUT2D eigenvalue weighted by atomic mass is 9.92. The van der Waals surface area contributed by atoms with Crippen molar-refractivity contribution in [2.45, 2.75) is 38.4 Å². The second kappa shape index (κ2) is 4.57. The zero-order chi connectivity index (χ0) is 13.4. The van der Waals surface area contributed by atoms with Crippen molar-refractivity contribution in [3.05, 3.63) is 35.4 Å². The van der Waals surface area contributed by atoms with E-state index in [4.69, 9.17) is 0 Å². The molecule has 1 aromatic carbocycles. The summed E-state index contributed by atoms with van der Waals surface area (Å²) >= 11 is 0. The quantitative estimate of drug-likeness (QED) is 0.853. The van der Waals surface area contributed by atoms with E-state index in [1.807, 2.05) is 0 Å². The van der Waals surface area contributed by atoms with E-state index in [0.717, 1.165) is 24.9 Å². The molecule has 1 saturated heterocycles. The number of rotatable bonds is 2. The second-order valence-corrected chi connectivity index (χ2v) is 5.73. The zero-order valence-corrected chi connectivity index (χ0v) is 10.6. The molecule has 1 heterocycles. The Hall–Kier alpha value is -1.03. The molecule has 1 nitrogen and oxygen atoms in total. The van der Waals surface area contributed by atoms with E-state index in [2.05, 4.69) is 19.2 Å². The first-order chi connectivity index (χ1) is 8.26. The highest BCUT2D eigenvalue weighted by atomic mass is 19.4. The largest absolute Gasteiger partial charge is 0.416 e. The van der Waals surface area contributed by atoms with Gasteiger partial charge in [0, 0.05) is 5.54 Å². The van der Waals surface area contributed by atoms with Crippen molar-refractivity contribution in [2.24, 2.45) is 5.92 Å². The lowest BCUT2D eigenvalue weighted by molar-refractivity contribution is -0.137. The zero-order valence-electron chi connectivity index (χ0n) is 10.6. The molecule has 1 aliphatic rings. The lowest BCUT2D eigenvalue weighted by Crippen LogP contribution is -2.31. The van der Waals surface area contributed by atoms with Gasteiger partial charge in [-0.2, -0.15) is 13.2 Å². The Morgan fingerprint density at radius 1 is 1.22 bits per heavy atom. The fourth-order valence-electron chi connectivity index (χ4n) is 2.59. The molecule has 1 unspecified atom stereocenters. The average molecular weight is 257 g/mol. The topological polar surface area (TPSA) is 12.0 Å². The molecular weight excluding hydrogens is 239 g/mol. The predicted octanol–water partition coefficient (Wildman–Crippen LogP) is 3.64. The van der Waals surface area contributed by atoms with Gasteiger partial charge in [0.2, 0.25) is 0 Å². The van der Waals surface area contributed by atoms with Crippen molar-refractivity contribution >= 4 is 0 Å². The van der Waals surface area contributed by atoms with Gasteiger partial charge in [0.1, 0.15) is 0 Å². The Kier molecular flexibility index (Phi) is 3.41. The van der Waals surface area contributed by atoms with Crippen molar-refractivity contribution in [3.63, 3.8) is 0 Å². The van der Waals surface area contributed by atoms with Crippen LogP contribution in [-0.4, -0.2) is 12.1 Å².